The molecule has 0 aliphatic heterocycles. The summed E-state index contributed by atoms with van der Waals surface area (Å²) in [4.78, 5) is 16.1. The lowest BCUT2D eigenvalue weighted by atomic mass is 10.1. The Kier molecular flexibility index (Phi) is 9.24. The number of amides is 1. The van der Waals surface area contributed by atoms with Crippen molar-refractivity contribution in [3.8, 4) is 0 Å². The third-order valence-corrected chi connectivity index (χ3v) is 2.71. The molecule has 0 bridgehead atoms. The van der Waals surface area contributed by atoms with E-state index in [-0.39, 0.29) is 12.0 Å². The van der Waals surface area contributed by atoms with E-state index in [1.165, 1.54) is 31.4 Å². The van der Waals surface area contributed by atoms with E-state index in [9.17, 15) is 9.90 Å². The fraction of sp³-hybridized carbons (Fsp3) is 0.917. The largest absolute Gasteiger partial charge is 0.393 e. The van der Waals surface area contributed by atoms with Gasteiger partial charge < -0.3 is 5.11 Å². The molecule has 1 amide bonds. The predicted octanol–water partition coefficient (Wildman–Crippen LogP) is 2.12. The van der Waals surface area contributed by atoms with Gasteiger partial charge in [-0.25, -0.2) is 5.06 Å². The molecule has 0 aliphatic rings. The summed E-state index contributed by atoms with van der Waals surface area (Å²) in [6.45, 7) is 2.16. The molecular formula is C12H25NO3. The van der Waals surface area contributed by atoms with Crippen LogP contribution in [0.2, 0.25) is 0 Å². The minimum absolute atomic E-state index is 0.0879. The number of rotatable bonds is 9. The molecule has 0 fully saturated rings. The number of carbonyl (C=O) groups is 1. The van der Waals surface area contributed by atoms with Crippen LogP contribution in [0.3, 0.4) is 0 Å². The second-order valence-corrected chi connectivity index (χ2v) is 4.12. The molecule has 16 heavy (non-hydrogen) atoms. The molecule has 96 valence electrons. The fourth-order valence-corrected chi connectivity index (χ4v) is 1.50. The summed E-state index contributed by atoms with van der Waals surface area (Å²) < 4.78 is 0. The molecule has 0 radical (unpaired) electrons. The van der Waals surface area contributed by atoms with Crippen molar-refractivity contribution in [2.75, 3.05) is 14.2 Å². The number of nitrogens with zero attached hydrogens (tertiary/aromatic N) is 1. The molecule has 0 aromatic heterocycles. The minimum atomic E-state index is -0.355. The van der Waals surface area contributed by atoms with Crippen LogP contribution in [0, 0.1) is 0 Å². The molecule has 0 rings (SSSR count). The molecule has 0 spiro atoms. The van der Waals surface area contributed by atoms with Gasteiger partial charge in [-0.2, -0.15) is 0 Å². The van der Waals surface area contributed by atoms with E-state index in [4.69, 9.17) is 4.84 Å². The van der Waals surface area contributed by atoms with Crippen LogP contribution in [-0.4, -0.2) is 36.3 Å². The average molecular weight is 231 g/mol. The van der Waals surface area contributed by atoms with Gasteiger partial charge in [0.2, 0.25) is 5.91 Å². The van der Waals surface area contributed by atoms with E-state index >= 15 is 0 Å². The van der Waals surface area contributed by atoms with E-state index in [0.717, 1.165) is 12.8 Å². The molecule has 4 nitrogen and oxygen atoms in total. The van der Waals surface area contributed by atoms with E-state index in [2.05, 4.69) is 6.92 Å². The number of carbonyl (C=O) groups excluding carboxylic acids is 1. The van der Waals surface area contributed by atoms with Crippen molar-refractivity contribution in [3.63, 3.8) is 0 Å². The summed E-state index contributed by atoms with van der Waals surface area (Å²) in [6.07, 6.45) is 5.95. The first kappa shape index (κ1) is 15.4. The molecule has 4 heteroatoms. The van der Waals surface area contributed by atoms with Gasteiger partial charge in [-0.1, -0.05) is 32.6 Å². The van der Waals surface area contributed by atoms with Crippen LogP contribution in [0.15, 0.2) is 0 Å². The summed E-state index contributed by atoms with van der Waals surface area (Å²) in [5, 5.41) is 10.8. The van der Waals surface area contributed by atoms with E-state index in [1.807, 2.05) is 0 Å². The lowest BCUT2D eigenvalue weighted by molar-refractivity contribution is -0.169. The van der Waals surface area contributed by atoms with Crippen LogP contribution in [0.4, 0.5) is 0 Å². The second kappa shape index (κ2) is 9.60. The molecule has 0 aromatic rings. The monoisotopic (exact) mass is 231 g/mol. The number of hydrogen-bond donors (Lipinski definition) is 1. The lowest BCUT2D eigenvalue weighted by Crippen LogP contribution is -2.26. The Hall–Kier alpha value is -0.610. The summed E-state index contributed by atoms with van der Waals surface area (Å²) in [5.41, 5.74) is 0. The van der Waals surface area contributed by atoms with Crippen molar-refractivity contribution in [2.45, 2.75) is 58.0 Å². The maximum Gasteiger partial charge on any atom is 0.245 e. The van der Waals surface area contributed by atoms with Crippen molar-refractivity contribution in [1.29, 1.82) is 0 Å². The second-order valence-electron chi connectivity index (χ2n) is 4.12. The molecule has 1 N–H and O–H groups in total. The van der Waals surface area contributed by atoms with Gasteiger partial charge in [0, 0.05) is 13.5 Å². The van der Waals surface area contributed by atoms with Crippen molar-refractivity contribution in [1.82, 2.24) is 5.06 Å². The summed E-state index contributed by atoms with van der Waals surface area (Å²) in [6, 6.07) is 0. The van der Waals surface area contributed by atoms with Crippen LogP contribution in [-0.2, 0) is 9.63 Å². The third kappa shape index (κ3) is 7.65. The lowest BCUT2D eigenvalue weighted by Gasteiger charge is -2.15. The van der Waals surface area contributed by atoms with Gasteiger partial charge in [0.25, 0.3) is 0 Å². The molecule has 0 aromatic carbocycles. The summed E-state index contributed by atoms with van der Waals surface area (Å²) >= 11 is 0. The first-order valence-electron chi connectivity index (χ1n) is 6.10. The Balaban J connectivity index is 3.49. The van der Waals surface area contributed by atoms with Crippen LogP contribution in [0.1, 0.15) is 51.9 Å². The van der Waals surface area contributed by atoms with Crippen LogP contribution >= 0.6 is 0 Å². The maximum atomic E-state index is 11.3. The minimum Gasteiger partial charge on any atom is -0.393 e. The summed E-state index contributed by atoms with van der Waals surface area (Å²) in [7, 11) is 3.04. The Morgan fingerprint density at radius 3 is 2.56 bits per heavy atom. The van der Waals surface area contributed by atoms with Crippen molar-refractivity contribution in [3.05, 3.63) is 0 Å². The Labute approximate surface area is 98.5 Å². The van der Waals surface area contributed by atoms with Gasteiger partial charge in [0.1, 0.15) is 0 Å². The average Bonchev–Trinajstić information content (AvgIpc) is 2.30. The van der Waals surface area contributed by atoms with Crippen molar-refractivity contribution in [2.24, 2.45) is 0 Å². The maximum absolute atomic E-state index is 11.3. The molecule has 1 atom stereocenters. The highest BCUT2D eigenvalue weighted by molar-refractivity contribution is 5.74. The zero-order valence-electron chi connectivity index (χ0n) is 10.7. The van der Waals surface area contributed by atoms with Gasteiger partial charge in [-0.15, -0.1) is 0 Å². The number of hydrogen-bond acceptors (Lipinski definition) is 3. The first-order chi connectivity index (χ1) is 7.61. The molecule has 0 saturated heterocycles. The molecule has 0 aliphatic carbocycles. The highest BCUT2D eigenvalue weighted by atomic mass is 16.7. The normalized spacial score (nSPS) is 12.5. The van der Waals surface area contributed by atoms with Gasteiger partial charge in [0.05, 0.1) is 13.2 Å². The number of hydroxylamine groups is 2. The standard InChI is InChI=1S/C12H25NO3/c1-4-5-6-7-8-11(14)9-10-12(15)13(2)16-3/h11,14H,4-10H2,1-3H3. The number of aliphatic hydroxyl groups is 1. The van der Waals surface area contributed by atoms with Crippen LogP contribution in [0.5, 0.6) is 0 Å². The van der Waals surface area contributed by atoms with Crippen molar-refractivity contribution < 1.29 is 14.7 Å². The Morgan fingerprint density at radius 1 is 1.31 bits per heavy atom. The van der Waals surface area contributed by atoms with E-state index < -0.39 is 0 Å². The zero-order valence-corrected chi connectivity index (χ0v) is 10.7. The third-order valence-electron chi connectivity index (χ3n) is 2.71. The Bertz CT molecular complexity index is 185. The molecular weight excluding hydrogens is 206 g/mol. The first-order valence-corrected chi connectivity index (χ1v) is 6.10. The SMILES string of the molecule is CCCCCCC(O)CCC(=O)N(C)OC. The predicted molar refractivity (Wildman–Crippen MR) is 63.8 cm³/mol. The van der Waals surface area contributed by atoms with Gasteiger partial charge >= 0.3 is 0 Å². The highest BCUT2D eigenvalue weighted by Gasteiger charge is 2.11. The Morgan fingerprint density at radius 2 is 2.00 bits per heavy atom. The van der Waals surface area contributed by atoms with Crippen LogP contribution < -0.4 is 0 Å². The van der Waals surface area contributed by atoms with Crippen LogP contribution in [0.25, 0.3) is 0 Å². The molecule has 0 saturated carbocycles. The van der Waals surface area contributed by atoms with Gasteiger partial charge in [0.15, 0.2) is 0 Å². The van der Waals surface area contributed by atoms with Crippen molar-refractivity contribution >= 4 is 5.91 Å². The molecule has 0 heterocycles. The van der Waals surface area contributed by atoms with E-state index in [0.29, 0.717) is 12.8 Å². The topological polar surface area (TPSA) is 49.8 Å². The van der Waals surface area contributed by atoms with Gasteiger partial charge in [-0.3, -0.25) is 9.63 Å². The smallest absolute Gasteiger partial charge is 0.245 e. The highest BCUT2D eigenvalue weighted by Crippen LogP contribution is 2.10. The van der Waals surface area contributed by atoms with Gasteiger partial charge in [-0.05, 0) is 12.8 Å². The molecule has 1 unspecified atom stereocenters. The number of aliphatic hydroxyl groups excluding tert-OH is 1. The number of unbranched alkanes of at least 4 members (excludes halogenated alkanes) is 3. The fourth-order valence-electron chi connectivity index (χ4n) is 1.50. The van der Waals surface area contributed by atoms with E-state index in [1.54, 1.807) is 7.05 Å². The summed E-state index contributed by atoms with van der Waals surface area (Å²) in [5.74, 6) is -0.0879. The zero-order chi connectivity index (χ0) is 12.4. The quantitative estimate of drug-likeness (QED) is 0.488.